The van der Waals surface area contributed by atoms with Gasteiger partial charge < -0.3 is 4.74 Å². The molecule has 2 aromatic rings. The number of carbonyl (C=O) groups is 1. The van der Waals surface area contributed by atoms with Gasteiger partial charge in [0, 0.05) is 46.3 Å². The molecule has 1 heterocycles. The number of hydrogen-bond donors (Lipinski definition) is 1. The van der Waals surface area contributed by atoms with Gasteiger partial charge in [-0.1, -0.05) is 35.1 Å². The minimum atomic E-state index is -0.551. The van der Waals surface area contributed by atoms with Crippen LogP contribution in [0.5, 0.6) is 5.75 Å². The van der Waals surface area contributed by atoms with Gasteiger partial charge in [-0.15, -0.1) is 0 Å². The highest BCUT2D eigenvalue weighted by Crippen LogP contribution is 2.45. The molecule has 160 valence electrons. The number of ether oxygens (including phenoxy) is 1. The van der Waals surface area contributed by atoms with Gasteiger partial charge in [-0.2, -0.15) is 0 Å². The van der Waals surface area contributed by atoms with E-state index in [1.54, 1.807) is 30.3 Å². The molecule has 1 N–H and O–H groups in total. The molecule has 0 spiro atoms. The van der Waals surface area contributed by atoms with Gasteiger partial charge in [0.25, 0.3) is 5.91 Å². The molecule has 0 atom stereocenters. The van der Waals surface area contributed by atoms with Crippen molar-refractivity contribution in [2.24, 2.45) is 5.92 Å². The predicted octanol–water partition coefficient (Wildman–Crippen LogP) is 6.04. The summed E-state index contributed by atoms with van der Waals surface area (Å²) < 4.78 is 25.3. The predicted molar refractivity (Wildman–Crippen MR) is 122 cm³/mol. The molecule has 1 amide bonds. The van der Waals surface area contributed by atoms with Crippen LogP contribution in [0.2, 0.25) is 10.0 Å². The van der Waals surface area contributed by atoms with E-state index in [0.29, 0.717) is 34.2 Å². The van der Waals surface area contributed by atoms with Crippen LogP contribution in [-0.4, -0.2) is 36.2 Å². The van der Waals surface area contributed by atoms with Crippen molar-refractivity contribution in [2.45, 2.75) is 23.7 Å². The zero-order chi connectivity index (χ0) is 21.3. The Bertz CT molecular complexity index is 933. The molecule has 2 fully saturated rings. The largest absolute Gasteiger partial charge is 0.493 e. The number of carbonyl (C=O) groups excluding carboxylic acids is 1. The van der Waals surface area contributed by atoms with Crippen molar-refractivity contribution in [3.05, 3.63) is 57.3 Å². The molecule has 4 rings (SSSR count). The standard InChI is InChI=1S/C21H21Cl2FN2O2S2/c1-29-25-21(27)18-7-17(13-2-3-13)20(8-19(18)24)28-11-12-9-26(10-12)30-16-5-14(22)4-15(23)6-16/h4-8,12-13H,2-3,9-11H2,1H3,(H,25,27). The summed E-state index contributed by atoms with van der Waals surface area (Å²) in [6.07, 6.45) is 3.82. The molecule has 0 bridgehead atoms. The number of nitrogens with zero attached hydrogens (tertiary/aromatic N) is 1. The third-order valence-corrected chi connectivity index (χ3v) is 6.85. The van der Waals surface area contributed by atoms with Crippen LogP contribution in [0.4, 0.5) is 4.39 Å². The van der Waals surface area contributed by atoms with Gasteiger partial charge in [0.2, 0.25) is 0 Å². The van der Waals surface area contributed by atoms with Crippen molar-refractivity contribution in [1.29, 1.82) is 0 Å². The SMILES string of the molecule is CSNC(=O)c1cc(C2CC2)c(OCC2CN(Sc3cc(Cl)cc(Cl)c3)C2)cc1F. The lowest BCUT2D eigenvalue weighted by molar-refractivity contribution is 0.0980. The van der Waals surface area contributed by atoms with Crippen molar-refractivity contribution >= 4 is 53.0 Å². The second kappa shape index (κ2) is 9.57. The Morgan fingerprint density at radius 2 is 1.90 bits per heavy atom. The lowest BCUT2D eigenvalue weighted by Gasteiger charge is -2.37. The first kappa shape index (κ1) is 22.1. The third-order valence-electron chi connectivity index (χ3n) is 5.02. The summed E-state index contributed by atoms with van der Waals surface area (Å²) in [7, 11) is 0. The van der Waals surface area contributed by atoms with Gasteiger partial charge in [-0.3, -0.25) is 9.52 Å². The number of rotatable bonds is 8. The van der Waals surface area contributed by atoms with E-state index in [2.05, 4.69) is 9.03 Å². The van der Waals surface area contributed by atoms with Gasteiger partial charge in [-0.25, -0.2) is 8.70 Å². The van der Waals surface area contributed by atoms with Crippen molar-refractivity contribution < 1.29 is 13.9 Å². The van der Waals surface area contributed by atoms with Crippen LogP contribution in [0.3, 0.4) is 0 Å². The van der Waals surface area contributed by atoms with Crippen molar-refractivity contribution in [1.82, 2.24) is 9.03 Å². The van der Waals surface area contributed by atoms with E-state index in [9.17, 15) is 9.18 Å². The highest BCUT2D eigenvalue weighted by molar-refractivity contribution is 7.97. The molecule has 1 saturated heterocycles. The molecule has 30 heavy (non-hydrogen) atoms. The maximum Gasteiger partial charge on any atom is 0.264 e. The molecule has 1 aliphatic heterocycles. The summed E-state index contributed by atoms with van der Waals surface area (Å²) in [5, 5.41) is 1.24. The van der Waals surface area contributed by atoms with Crippen LogP contribution in [0.15, 0.2) is 35.2 Å². The van der Waals surface area contributed by atoms with E-state index >= 15 is 0 Å². The first-order chi connectivity index (χ1) is 14.4. The van der Waals surface area contributed by atoms with Crippen LogP contribution < -0.4 is 9.46 Å². The Balaban J connectivity index is 1.34. The Labute approximate surface area is 194 Å². The Kier molecular flexibility index (Phi) is 7.05. The number of nitrogens with one attached hydrogen (secondary N) is 1. The van der Waals surface area contributed by atoms with Gasteiger partial charge in [0.05, 0.1) is 12.2 Å². The normalized spacial score (nSPS) is 16.9. The summed E-state index contributed by atoms with van der Waals surface area (Å²) in [5.41, 5.74) is 1.01. The second-order valence-electron chi connectivity index (χ2n) is 7.50. The molecule has 0 aromatic heterocycles. The Hall–Kier alpha value is -1.12. The monoisotopic (exact) mass is 486 g/mol. The summed E-state index contributed by atoms with van der Waals surface area (Å²) in [5.74, 6) is 0.304. The van der Waals surface area contributed by atoms with Crippen LogP contribution >= 0.6 is 47.1 Å². The highest BCUT2D eigenvalue weighted by Gasteiger charge is 2.32. The molecule has 2 aliphatic rings. The average Bonchev–Trinajstić information content (AvgIpc) is 3.48. The Morgan fingerprint density at radius 3 is 2.53 bits per heavy atom. The molecule has 0 radical (unpaired) electrons. The van der Waals surface area contributed by atoms with Crippen LogP contribution in [0.1, 0.15) is 34.7 Å². The van der Waals surface area contributed by atoms with Crippen LogP contribution in [-0.2, 0) is 0 Å². The smallest absolute Gasteiger partial charge is 0.264 e. The van der Waals surface area contributed by atoms with Gasteiger partial charge in [-0.05, 0) is 60.5 Å². The molecule has 4 nitrogen and oxygen atoms in total. The van der Waals surface area contributed by atoms with E-state index < -0.39 is 11.7 Å². The number of halogens is 3. The van der Waals surface area contributed by atoms with Crippen molar-refractivity contribution in [2.75, 3.05) is 26.0 Å². The maximum absolute atomic E-state index is 14.5. The fourth-order valence-electron chi connectivity index (χ4n) is 3.37. The highest BCUT2D eigenvalue weighted by atomic mass is 35.5. The molecule has 1 saturated carbocycles. The average molecular weight is 487 g/mol. The van der Waals surface area contributed by atoms with Crippen molar-refractivity contribution in [3.8, 4) is 5.75 Å². The fourth-order valence-corrected chi connectivity index (χ4v) is 5.55. The van der Waals surface area contributed by atoms with Gasteiger partial charge >= 0.3 is 0 Å². The summed E-state index contributed by atoms with van der Waals surface area (Å²) in [6, 6.07) is 8.51. The van der Waals surface area contributed by atoms with E-state index in [0.717, 1.165) is 48.3 Å². The number of benzene rings is 2. The van der Waals surface area contributed by atoms with E-state index in [1.807, 2.05) is 12.1 Å². The van der Waals surface area contributed by atoms with E-state index in [-0.39, 0.29) is 5.56 Å². The van der Waals surface area contributed by atoms with E-state index in [1.165, 1.54) is 6.07 Å². The molecule has 2 aromatic carbocycles. The zero-order valence-electron chi connectivity index (χ0n) is 16.3. The fraction of sp³-hybridized carbons (Fsp3) is 0.381. The van der Waals surface area contributed by atoms with Gasteiger partial charge in [0.15, 0.2) is 0 Å². The number of amides is 1. The van der Waals surface area contributed by atoms with Gasteiger partial charge in [0.1, 0.15) is 11.6 Å². The quantitative estimate of drug-likeness (QED) is 0.460. The lowest BCUT2D eigenvalue weighted by Crippen LogP contribution is -2.44. The Morgan fingerprint density at radius 1 is 1.20 bits per heavy atom. The second-order valence-corrected chi connectivity index (χ2v) is 10.2. The molecule has 0 unspecified atom stereocenters. The maximum atomic E-state index is 14.5. The third kappa shape index (κ3) is 5.37. The first-order valence-corrected chi connectivity index (χ1v) is 12.4. The minimum absolute atomic E-state index is 0.0741. The summed E-state index contributed by atoms with van der Waals surface area (Å²) in [6.45, 7) is 2.25. The van der Waals surface area contributed by atoms with E-state index in [4.69, 9.17) is 27.9 Å². The number of hydrogen-bond acceptors (Lipinski definition) is 5. The zero-order valence-corrected chi connectivity index (χ0v) is 19.4. The molecular formula is C21H21Cl2FN2O2S2. The molecular weight excluding hydrogens is 466 g/mol. The lowest BCUT2D eigenvalue weighted by atomic mass is 10.0. The minimum Gasteiger partial charge on any atom is -0.493 e. The van der Waals surface area contributed by atoms with Crippen LogP contribution in [0.25, 0.3) is 0 Å². The summed E-state index contributed by atoms with van der Waals surface area (Å²) in [4.78, 5) is 13.1. The van der Waals surface area contributed by atoms with Crippen molar-refractivity contribution in [3.63, 3.8) is 0 Å². The topological polar surface area (TPSA) is 41.6 Å². The molecule has 1 aliphatic carbocycles. The first-order valence-electron chi connectivity index (χ1n) is 9.61. The molecule has 9 heteroatoms. The summed E-state index contributed by atoms with van der Waals surface area (Å²) >= 11 is 14.9. The van der Waals surface area contributed by atoms with Crippen LogP contribution in [0, 0.1) is 11.7 Å².